The molecule has 0 rings (SSSR count). The molecule has 1 atom stereocenters. The Morgan fingerprint density at radius 2 is 1.76 bits per heavy atom. The molecule has 0 bridgehead atoms. The van der Waals surface area contributed by atoms with E-state index in [0.29, 0.717) is 0 Å². The number of quaternary nitrogens is 1. The van der Waals surface area contributed by atoms with Crippen molar-refractivity contribution in [2.75, 3.05) is 40.9 Å². The largest absolute Gasteiger partial charge is 0.548 e. The minimum atomic E-state index is -1.49. The molecule has 0 aliphatic rings. The molecule has 0 aromatic rings. The van der Waals surface area contributed by atoms with Gasteiger partial charge in [-0.1, -0.05) is 0 Å². The summed E-state index contributed by atoms with van der Waals surface area (Å²) in [6.45, 7) is 1.62. The summed E-state index contributed by atoms with van der Waals surface area (Å²) in [5.74, 6) is -2.00. The van der Waals surface area contributed by atoms with E-state index in [9.17, 15) is 14.7 Å². The number of carboxylic acids is 1. The van der Waals surface area contributed by atoms with E-state index in [2.05, 4.69) is 21.1 Å². The summed E-state index contributed by atoms with van der Waals surface area (Å²) in [6.07, 6.45) is 0. The van der Waals surface area contributed by atoms with Crippen molar-refractivity contribution in [1.29, 1.82) is 0 Å². The molecule has 1 amide bonds. The number of hydrogen-bond donors (Lipinski definition) is 3. The number of aliphatic hydroxyl groups is 2. The number of carbonyl (C=O) groups is 2. The third kappa shape index (κ3) is 14.8. The van der Waals surface area contributed by atoms with Crippen molar-refractivity contribution >= 4 is 11.9 Å². The van der Waals surface area contributed by atoms with Gasteiger partial charge in [-0.05, 0) is 0 Å². The number of likely N-dealkylation sites (N-methyl/N-ethyl adjacent to an activating group) is 1. The number of carbonyl (C=O) groups excluding carboxylic acids is 2. The Kier molecular flexibility index (Phi) is 9.54. The molecule has 0 unspecified atom stereocenters. The van der Waals surface area contributed by atoms with Gasteiger partial charge in [-0.25, -0.2) is 0 Å². The van der Waals surface area contributed by atoms with Gasteiger partial charge in [0.1, 0.15) is 6.54 Å². The van der Waals surface area contributed by atoms with Gasteiger partial charge in [0.25, 0.3) is 0 Å². The van der Waals surface area contributed by atoms with E-state index in [0.717, 1.165) is 18.0 Å². The molecular weight excluding hydrogens is 228 g/mol. The van der Waals surface area contributed by atoms with Crippen LogP contribution in [0.5, 0.6) is 0 Å². The van der Waals surface area contributed by atoms with Gasteiger partial charge in [0, 0.05) is 6.92 Å². The molecule has 0 aliphatic carbocycles. The Morgan fingerprint density at radius 1 is 1.29 bits per heavy atom. The highest BCUT2D eigenvalue weighted by atomic mass is 16.4. The number of aliphatic carboxylic acids is 1. The van der Waals surface area contributed by atoms with Crippen LogP contribution in [-0.4, -0.2) is 73.5 Å². The summed E-state index contributed by atoms with van der Waals surface area (Å²) in [5.41, 5.74) is 0. The summed E-state index contributed by atoms with van der Waals surface area (Å²) in [7, 11) is 6.16. The van der Waals surface area contributed by atoms with E-state index < -0.39 is 24.5 Å². The second-order valence-electron chi connectivity index (χ2n) is 4.49. The van der Waals surface area contributed by atoms with Crippen molar-refractivity contribution in [1.82, 2.24) is 5.32 Å². The lowest BCUT2D eigenvalue weighted by Gasteiger charge is -2.21. The normalized spacial score (nSPS) is 12.1. The Bertz CT molecular complexity index is 237. The maximum atomic E-state index is 10.2. The monoisotopic (exact) mass is 250 g/mol. The maximum absolute atomic E-state index is 10.2. The summed E-state index contributed by atoms with van der Waals surface area (Å²) in [5, 5.41) is 28.7. The zero-order chi connectivity index (χ0) is 14.1. The zero-order valence-electron chi connectivity index (χ0n) is 10.8. The first-order chi connectivity index (χ1) is 7.64. The lowest BCUT2D eigenvalue weighted by atomic mass is 10.3. The predicted octanol–water partition coefficient (Wildman–Crippen LogP) is -3.08. The fraction of sp³-hybridized carbons (Fsp3) is 0.800. The van der Waals surface area contributed by atoms with Crippen molar-refractivity contribution in [3.8, 4) is 0 Å². The molecule has 7 nitrogen and oxygen atoms in total. The molecule has 0 aliphatic heterocycles. The summed E-state index contributed by atoms with van der Waals surface area (Å²) >= 11 is 0. The van der Waals surface area contributed by atoms with Gasteiger partial charge < -0.3 is 29.9 Å². The summed E-state index contributed by atoms with van der Waals surface area (Å²) < 4.78 is 0.844. The number of rotatable bonds is 5. The molecule has 0 spiro atoms. The van der Waals surface area contributed by atoms with Gasteiger partial charge in [-0.2, -0.15) is 0 Å². The number of aliphatic hydroxyl groups excluding tert-OH is 2. The molecule has 0 fully saturated rings. The average Bonchev–Trinajstić information content (AvgIpc) is 2.12. The second kappa shape index (κ2) is 8.91. The van der Waals surface area contributed by atoms with Crippen molar-refractivity contribution in [2.45, 2.75) is 13.0 Å². The van der Waals surface area contributed by atoms with E-state index >= 15 is 0 Å². The first-order valence-electron chi connectivity index (χ1n) is 5.14. The molecule has 0 radical (unpaired) electrons. The van der Waals surface area contributed by atoms with E-state index in [-0.39, 0.29) is 6.61 Å². The number of carboxylic acid groups (broad SMARTS) is 1. The molecule has 0 saturated heterocycles. The van der Waals surface area contributed by atoms with Gasteiger partial charge in [0.2, 0.25) is 5.91 Å². The van der Waals surface area contributed by atoms with Crippen molar-refractivity contribution in [3.05, 3.63) is 0 Å². The molecule has 0 heterocycles. The Hall–Kier alpha value is -1.18. The van der Waals surface area contributed by atoms with Crippen LogP contribution in [0.3, 0.4) is 0 Å². The first kappa shape index (κ1) is 18.2. The predicted molar refractivity (Wildman–Crippen MR) is 59.7 cm³/mol. The average molecular weight is 250 g/mol. The van der Waals surface area contributed by atoms with Crippen LogP contribution in [0.25, 0.3) is 0 Å². The Labute approximate surface area is 101 Å². The lowest BCUT2D eigenvalue weighted by molar-refractivity contribution is -0.870. The molecule has 0 aromatic carbocycles. The molecular formula is C10H22N2O5. The molecule has 17 heavy (non-hydrogen) atoms. The molecule has 3 N–H and O–H groups in total. The topological polar surface area (TPSA) is 110 Å². The van der Waals surface area contributed by atoms with Crippen LogP contribution in [0, 0.1) is 0 Å². The highest BCUT2D eigenvalue weighted by molar-refractivity contribution is 5.81. The third-order valence-electron chi connectivity index (χ3n) is 1.62. The highest BCUT2D eigenvalue weighted by Crippen LogP contribution is 1.84. The fourth-order valence-electron chi connectivity index (χ4n) is 0.724. The van der Waals surface area contributed by atoms with E-state index in [1.54, 1.807) is 0 Å². The van der Waals surface area contributed by atoms with E-state index in [4.69, 9.17) is 10.2 Å². The summed E-state index contributed by atoms with van der Waals surface area (Å²) in [6, 6.07) is -1.29. The molecule has 0 aromatic heterocycles. The van der Waals surface area contributed by atoms with Crippen LogP contribution in [-0.2, 0) is 9.59 Å². The maximum Gasteiger partial charge on any atom is 0.217 e. The molecule has 0 saturated carbocycles. The Morgan fingerprint density at radius 3 is 1.82 bits per heavy atom. The smallest absolute Gasteiger partial charge is 0.217 e. The highest BCUT2D eigenvalue weighted by Gasteiger charge is 2.07. The molecule has 7 heteroatoms. The van der Waals surface area contributed by atoms with Gasteiger partial charge >= 0.3 is 0 Å². The van der Waals surface area contributed by atoms with E-state index in [1.807, 2.05) is 5.32 Å². The van der Waals surface area contributed by atoms with Crippen LogP contribution >= 0.6 is 0 Å². The SMILES string of the molecule is CC(=O)N[C@@H](CO)C(=O)[O-].C[N+](C)(C)CCO. The second-order valence-corrected chi connectivity index (χ2v) is 4.49. The third-order valence-corrected chi connectivity index (χ3v) is 1.62. The fourth-order valence-corrected chi connectivity index (χ4v) is 0.724. The standard InChI is InChI=1S/C5H9NO4.C5H14NO/c1-3(8)6-4(2-7)5(9)10;1-6(2,3)4-5-7/h4,7H,2H2,1H3,(H,6,8)(H,9,10);7H,4-5H2,1-3H3/q;+1/p-1/t4-;/m0./s1. The summed E-state index contributed by atoms with van der Waals surface area (Å²) in [4.78, 5) is 20.2. The van der Waals surface area contributed by atoms with Gasteiger partial charge in [0.05, 0.1) is 46.4 Å². The van der Waals surface area contributed by atoms with Crippen molar-refractivity contribution < 1.29 is 29.4 Å². The van der Waals surface area contributed by atoms with Gasteiger partial charge in [-0.15, -0.1) is 0 Å². The van der Waals surface area contributed by atoms with E-state index in [1.165, 1.54) is 0 Å². The van der Waals surface area contributed by atoms with Crippen molar-refractivity contribution in [3.63, 3.8) is 0 Å². The number of hydrogen-bond acceptors (Lipinski definition) is 5. The van der Waals surface area contributed by atoms with Crippen LogP contribution in [0.15, 0.2) is 0 Å². The van der Waals surface area contributed by atoms with Crippen LogP contribution in [0.2, 0.25) is 0 Å². The zero-order valence-corrected chi connectivity index (χ0v) is 10.8. The number of nitrogens with one attached hydrogen (secondary N) is 1. The quantitative estimate of drug-likeness (QED) is 0.448. The number of nitrogens with zero attached hydrogens (tertiary/aromatic N) is 1. The van der Waals surface area contributed by atoms with Gasteiger partial charge in [-0.3, -0.25) is 4.79 Å². The first-order valence-corrected chi connectivity index (χ1v) is 5.14. The number of amides is 1. The van der Waals surface area contributed by atoms with Crippen molar-refractivity contribution in [2.24, 2.45) is 0 Å². The molecule has 102 valence electrons. The lowest BCUT2D eigenvalue weighted by Crippen LogP contribution is -2.49. The minimum Gasteiger partial charge on any atom is -0.548 e. The minimum absolute atomic E-state index is 0.281. The van der Waals surface area contributed by atoms with Crippen LogP contribution < -0.4 is 10.4 Å². The van der Waals surface area contributed by atoms with Gasteiger partial charge in [0.15, 0.2) is 0 Å². The van der Waals surface area contributed by atoms with Crippen LogP contribution in [0.4, 0.5) is 0 Å². The Balaban J connectivity index is 0. The van der Waals surface area contributed by atoms with Crippen LogP contribution in [0.1, 0.15) is 6.92 Å².